The van der Waals surface area contributed by atoms with Crippen LogP contribution in [0.5, 0.6) is 0 Å². The van der Waals surface area contributed by atoms with Crippen LogP contribution in [0.4, 0.5) is 0 Å². The van der Waals surface area contributed by atoms with Gasteiger partial charge in [0.25, 0.3) is 0 Å². The summed E-state index contributed by atoms with van der Waals surface area (Å²) in [6.07, 6.45) is 0. The summed E-state index contributed by atoms with van der Waals surface area (Å²) in [5.74, 6) is -0.0767. The molecule has 0 rings (SSSR count). The number of carbonyl (C=O) groups excluding carboxylic acids is 1. The molecule has 1 unspecified atom stereocenters. The lowest BCUT2D eigenvalue weighted by molar-refractivity contribution is -0.122. The minimum Gasteiger partial charge on any atom is -0.353 e. The van der Waals surface area contributed by atoms with Gasteiger partial charge in [0.15, 0.2) is 0 Å². The van der Waals surface area contributed by atoms with E-state index in [-0.39, 0.29) is 5.91 Å². The predicted octanol–water partition coefficient (Wildman–Crippen LogP) is -0.208. The Morgan fingerprint density at radius 2 is 2.00 bits per heavy atom. The molecule has 0 heterocycles. The van der Waals surface area contributed by atoms with Crippen molar-refractivity contribution in [3.05, 3.63) is 0 Å². The zero-order valence-corrected chi connectivity index (χ0v) is 8.84. The standard InChI is InChI=1S/C9H21N3O/c1-4-12(5-2)7-6-11-9(13)8(3)10/h8H,4-7,10H2,1-3H3,(H,11,13). The molecule has 0 aliphatic rings. The zero-order valence-electron chi connectivity index (χ0n) is 8.84. The number of nitrogens with one attached hydrogen (secondary N) is 1. The molecule has 0 aliphatic carbocycles. The molecule has 0 aliphatic heterocycles. The summed E-state index contributed by atoms with van der Waals surface area (Å²) >= 11 is 0. The van der Waals surface area contributed by atoms with Crippen LogP contribution in [0.15, 0.2) is 0 Å². The molecule has 1 amide bonds. The van der Waals surface area contributed by atoms with Crippen molar-refractivity contribution < 1.29 is 4.79 Å². The van der Waals surface area contributed by atoms with Gasteiger partial charge in [0.2, 0.25) is 5.91 Å². The molecule has 0 aromatic carbocycles. The van der Waals surface area contributed by atoms with Crippen molar-refractivity contribution in [3.8, 4) is 0 Å². The lowest BCUT2D eigenvalue weighted by atomic mass is 10.3. The average Bonchev–Trinajstić information content (AvgIpc) is 2.12. The fourth-order valence-corrected chi connectivity index (χ4v) is 1.04. The third-order valence-corrected chi connectivity index (χ3v) is 2.04. The lowest BCUT2D eigenvalue weighted by Crippen LogP contribution is -2.42. The van der Waals surface area contributed by atoms with Gasteiger partial charge in [-0.05, 0) is 20.0 Å². The molecule has 3 N–H and O–H groups in total. The Labute approximate surface area is 80.5 Å². The molecule has 4 heteroatoms. The third-order valence-electron chi connectivity index (χ3n) is 2.04. The van der Waals surface area contributed by atoms with Gasteiger partial charge in [-0.15, -0.1) is 0 Å². The van der Waals surface area contributed by atoms with Crippen LogP contribution in [0.1, 0.15) is 20.8 Å². The molecule has 0 aromatic heterocycles. The maximum atomic E-state index is 11.0. The van der Waals surface area contributed by atoms with Gasteiger partial charge in [0, 0.05) is 13.1 Å². The molecule has 0 bridgehead atoms. The van der Waals surface area contributed by atoms with Crippen molar-refractivity contribution >= 4 is 5.91 Å². The van der Waals surface area contributed by atoms with E-state index in [2.05, 4.69) is 24.1 Å². The van der Waals surface area contributed by atoms with Crippen LogP contribution >= 0.6 is 0 Å². The number of amides is 1. The monoisotopic (exact) mass is 187 g/mol. The Kier molecular flexibility index (Phi) is 6.54. The van der Waals surface area contributed by atoms with E-state index >= 15 is 0 Å². The second kappa shape index (κ2) is 6.86. The van der Waals surface area contributed by atoms with E-state index in [1.165, 1.54) is 0 Å². The van der Waals surface area contributed by atoms with E-state index in [1.54, 1.807) is 6.92 Å². The van der Waals surface area contributed by atoms with Crippen molar-refractivity contribution in [1.29, 1.82) is 0 Å². The fraction of sp³-hybridized carbons (Fsp3) is 0.889. The van der Waals surface area contributed by atoms with Crippen molar-refractivity contribution in [1.82, 2.24) is 10.2 Å². The molecule has 1 atom stereocenters. The second-order valence-electron chi connectivity index (χ2n) is 3.11. The largest absolute Gasteiger partial charge is 0.353 e. The van der Waals surface area contributed by atoms with Gasteiger partial charge < -0.3 is 16.0 Å². The van der Waals surface area contributed by atoms with Crippen molar-refractivity contribution in [2.75, 3.05) is 26.2 Å². The summed E-state index contributed by atoms with van der Waals surface area (Å²) in [6.45, 7) is 9.52. The van der Waals surface area contributed by atoms with E-state index in [9.17, 15) is 4.79 Å². The molecule has 0 spiro atoms. The van der Waals surface area contributed by atoms with Gasteiger partial charge in [-0.2, -0.15) is 0 Å². The summed E-state index contributed by atoms with van der Waals surface area (Å²) < 4.78 is 0. The number of hydrogen-bond donors (Lipinski definition) is 2. The maximum Gasteiger partial charge on any atom is 0.236 e. The van der Waals surface area contributed by atoms with Crippen LogP contribution in [-0.4, -0.2) is 43.0 Å². The van der Waals surface area contributed by atoms with Crippen molar-refractivity contribution in [2.24, 2.45) is 5.73 Å². The summed E-state index contributed by atoms with van der Waals surface area (Å²) in [4.78, 5) is 13.3. The molecule has 0 radical (unpaired) electrons. The molecular formula is C9H21N3O. The van der Waals surface area contributed by atoms with Gasteiger partial charge in [-0.3, -0.25) is 4.79 Å². The van der Waals surface area contributed by atoms with Gasteiger partial charge in [0.05, 0.1) is 6.04 Å². The van der Waals surface area contributed by atoms with Crippen LogP contribution in [0.25, 0.3) is 0 Å². The average molecular weight is 187 g/mol. The van der Waals surface area contributed by atoms with Gasteiger partial charge in [-0.1, -0.05) is 13.8 Å². The molecule has 13 heavy (non-hydrogen) atoms. The van der Waals surface area contributed by atoms with Crippen LogP contribution in [-0.2, 0) is 4.79 Å². The minimum absolute atomic E-state index is 0.0767. The first kappa shape index (κ1) is 12.4. The first-order valence-corrected chi connectivity index (χ1v) is 4.87. The Morgan fingerprint density at radius 1 is 1.46 bits per heavy atom. The smallest absolute Gasteiger partial charge is 0.236 e. The van der Waals surface area contributed by atoms with Crippen LogP contribution in [0.3, 0.4) is 0 Å². The minimum atomic E-state index is -0.406. The molecule has 78 valence electrons. The van der Waals surface area contributed by atoms with Gasteiger partial charge in [0.1, 0.15) is 0 Å². The molecule has 0 fully saturated rings. The van der Waals surface area contributed by atoms with Gasteiger partial charge >= 0.3 is 0 Å². The van der Waals surface area contributed by atoms with Crippen LogP contribution < -0.4 is 11.1 Å². The number of carbonyl (C=O) groups is 1. The highest BCUT2D eigenvalue weighted by Crippen LogP contribution is 1.84. The lowest BCUT2D eigenvalue weighted by Gasteiger charge is -2.18. The number of likely N-dealkylation sites (N-methyl/N-ethyl adjacent to an activating group) is 1. The molecule has 0 aromatic rings. The van der Waals surface area contributed by atoms with Crippen LogP contribution in [0, 0.1) is 0 Å². The van der Waals surface area contributed by atoms with Crippen LogP contribution in [0.2, 0.25) is 0 Å². The number of rotatable bonds is 6. The summed E-state index contributed by atoms with van der Waals surface area (Å²) in [5.41, 5.74) is 5.39. The van der Waals surface area contributed by atoms with E-state index in [0.717, 1.165) is 19.6 Å². The summed E-state index contributed by atoms with van der Waals surface area (Å²) in [5, 5.41) is 2.78. The Bertz CT molecular complexity index is 144. The van der Waals surface area contributed by atoms with E-state index < -0.39 is 6.04 Å². The first-order chi connectivity index (χ1) is 6.11. The normalized spacial score (nSPS) is 13.0. The highest BCUT2D eigenvalue weighted by molar-refractivity contribution is 5.80. The Morgan fingerprint density at radius 3 is 2.38 bits per heavy atom. The topological polar surface area (TPSA) is 58.4 Å². The van der Waals surface area contributed by atoms with E-state index in [0.29, 0.717) is 6.54 Å². The SMILES string of the molecule is CCN(CC)CCNC(=O)C(C)N. The zero-order chi connectivity index (χ0) is 10.3. The quantitative estimate of drug-likeness (QED) is 0.605. The summed E-state index contributed by atoms with van der Waals surface area (Å²) in [7, 11) is 0. The predicted molar refractivity (Wildman–Crippen MR) is 54.4 cm³/mol. The molecular weight excluding hydrogens is 166 g/mol. The first-order valence-electron chi connectivity index (χ1n) is 4.87. The van der Waals surface area contributed by atoms with Crippen molar-refractivity contribution in [3.63, 3.8) is 0 Å². The number of hydrogen-bond acceptors (Lipinski definition) is 3. The number of nitrogens with zero attached hydrogens (tertiary/aromatic N) is 1. The Hall–Kier alpha value is -0.610. The Balaban J connectivity index is 3.49. The van der Waals surface area contributed by atoms with E-state index in [4.69, 9.17) is 5.73 Å². The highest BCUT2D eigenvalue weighted by atomic mass is 16.2. The molecule has 0 saturated carbocycles. The molecule has 4 nitrogen and oxygen atoms in total. The third kappa shape index (κ3) is 5.60. The number of nitrogens with two attached hydrogens (primary N) is 1. The molecule has 0 saturated heterocycles. The van der Waals surface area contributed by atoms with E-state index in [1.807, 2.05) is 0 Å². The summed E-state index contributed by atoms with van der Waals surface area (Å²) in [6, 6.07) is -0.406. The fourth-order valence-electron chi connectivity index (χ4n) is 1.04. The highest BCUT2D eigenvalue weighted by Gasteiger charge is 2.06. The second-order valence-corrected chi connectivity index (χ2v) is 3.11. The van der Waals surface area contributed by atoms with Gasteiger partial charge in [-0.25, -0.2) is 0 Å². The maximum absolute atomic E-state index is 11.0. The van der Waals surface area contributed by atoms with Crippen molar-refractivity contribution in [2.45, 2.75) is 26.8 Å².